The van der Waals surface area contributed by atoms with Crippen LogP contribution in [0.2, 0.25) is 0 Å². The second kappa shape index (κ2) is 25.2. The summed E-state index contributed by atoms with van der Waals surface area (Å²) in [6.07, 6.45) is 37.4. The molecule has 0 aliphatic carbocycles. The Labute approximate surface area is 239 Å². The minimum absolute atomic E-state index is 0.0181. The monoisotopic (exact) mass is 533 g/mol. The van der Waals surface area contributed by atoms with Crippen LogP contribution in [0.15, 0.2) is 11.8 Å². The van der Waals surface area contributed by atoms with Gasteiger partial charge in [0.2, 0.25) is 0 Å². The SMILES string of the molecule is CC(C)CCCCCCCCCCCCC/C=C1\OC(=O)C1CCCCCCCCCCCCCC(C)C. The van der Waals surface area contributed by atoms with Gasteiger partial charge in [-0.15, -0.1) is 0 Å². The van der Waals surface area contributed by atoms with Gasteiger partial charge in [-0.2, -0.15) is 0 Å². The summed E-state index contributed by atoms with van der Waals surface area (Å²) >= 11 is 0. The molecule has 38 heavy (non-hydrogen) atoms. The number of cyclic esters (lactones) is 1. The fourth-order valence-electron chi connectivity index (χ4n) is 5.78. The fourth-order valence-corrected chi connectivity index (χ4v) is 5.78. The Bertz CT molecular complexity index is 562. The summed E-state index contributed by atoms with van der Waals surface area (Å²) in [5.74, 6) is 2.82. The van der Waals surface area contributed by atoms with Crippen molar-refractivity contribution in [3.63, 3.8) is 0 Å². The van der Waals surface area contributed by atoms with Crippen molar-refractivity contribution in [1.82, 2.24) is 0 Å². The van der Waals surface area contributed by atoms with E-state index in [4.69, 9.17) is 4.74 Å². The molecule has 0 saturated carbocycles. The summed E-state index contributed by atoms with van der Waals surface area (Å²) in [5, 5.41) is 0. The van der Waals surface area contributed by atoms with Crippen molar-refractivity contribution in [3.8, 4) is 0 Å². The van der Waals surface area contributed by atoms with Gasteiger partial charge in [-0.1, -0.05) is 175 Å². The third kappa shape index (κ3) is 21.1. The van der Waals surface area contributed by atoms with Crippen molar-refractivity contribution in [2.45, 2.75) is 195 Å². The van der Waals surface area contributed by atoms with E-state index < -0.39 is 0 Å². The van der Waals surface area contributed by atoms with Crippen LogP contribution in [0.3, 0.4) is 0 Å². The molecule has 1 fully saturated rings. The topological polar surface area (TPSA) is 26.3 Å². The molecular weight excluding hydrogens is 464 g/mol. The van der Waals surface area contributed by atoms with Gasteiger partial charge < -0.3 is 4.74 Å². The average Bonchev–Trinajstić information content (AvgIpc) is 2.87. The molecule has 2 heteroatoms. The van der Waals surface area contributed by atoms with Crippen molar-refractivity contribution in [2.75, 3.05) is 0 Å². The van der Waals surface area contributed by atoms with Gasteiger partial charge in [0, 0.05) is 0 Å². The number of rotatable bonds is 28. The van der Waals surface area contributed by atoms with Gasteiger partial charge >= 0.3 is 5.97 Å². The highest BCUT2D eigenvalue weighted by atomic mass is 16.6. The van der Waals surface area contributed by atoms with Crippen molar-refractivity contribution in [2.24, 2.45) is 17.8 Å². The second-order valence-corrected chi connectivity index (χ2v) is 13.3. The van der Waals surface area contributed by atoms with Gasteiger partial charge in [0.05, 0.1) is 0 Å². The van der Waals surface area contributed by atoms with E-state index >= 15 is 0 Å². The first-order valence-corrected chi connectivity index (χ1v) is 17.4. The highest BCUT2D eigenvalue weighted by Gasteiger charge is 2.36. The molecule has 1 rings (SSSR count). The summed E-state index contributed by atoms with van der Waals surface area (Å²) < 4.78 is 5.36. The third-order valence-electron chi connectivity index (χ3n) is 8.45. The highest BCUT2D eigenvalue weighted by Crippen LogP contribution is 2.32. The third-order valence-corrected chi connectivity index (χ3v) is 8.45. The quantitative estimate of drug-likeness (QED) is 0.0739. The maximum absolute atomic E-state index is 11.9. The van der Waals surface area contributed by atoms with Gasteiger partial charge in [0.1, 0.15) is 11.7 Å². The Balaban J connectivity index is 1.86. The van der Waals surface area contributed by atoms with Crippen molar-refractivity contribution in [3.05, 3.63) is 11.8 Å². The van der Waals surface area contributed by atoms with Gasteiger partial charge in [0.15, 0.2) is 0 Å². The lowest BCUT2D eigenvalue weighted by Gasteiger charge is -2.28. The Morgan fingerprint density at radius 1 is 0.526 bits per heavy atom. The predicted molar refractivity (Wildman–Crippen MR) is 167 cm³/mol. The highest BCUT2D eigenvalue weighted by molar-refractivity contribution is 5.82. The maximum Gasteiger partial charge on any atom is 0.321 e. The van der Waals surface area contributed by atoms with Gasteiger partial charge in [-0.05, 0) is 37.2 Å². The molecule has 2 nitrogen and oxygen atoms in total. The fraction of sp³-hybridized carbons (Fsp3) is 0.917. The van der Waals surface area contributed by atoms with Gasteiger partial charge in [-0.3, -0.25) is 4.79 Å². The van der Waals surface area contributed by atoms with E-state index in [2.05, 4.69) is 33.8 Å². The zero-order valence-corrected chi connectivity index (χ0v) is 26.5. The summed E-state index contributed by atoms with van der Waals surface area (Å²) in [6, 6.07) is 0. The molecule has 1 unspecified atom stereocenters. The number of unbranched alkanes of at least 4 members (excludes halogenated alkanes) is 21. The summed E-state index contributed by atoms with van der Waals surface area (Å²) in [7, 11) is 0. The smallest absolute Gasteiger partial charge is 0.321 e. The van der Waals surface area contributed by atoms with Crippen LogP contribution in [0.5, 0.6) is 0 Å². The Morgan fingerprint density at radius 3 is 1.24 bits per heavy atom. The molecule has 224 valence electrons. The van der Waals surface area contributed by atoms with Gasteiger partial charge in [0.25, 0.3) is 0 Å². The second-order valence-electron chi connectivity index (χ2n) is 13.3. The Morgan fingerprint density at radius 2 is 0.868 bits per heavy atom. The number of carbonyl (C=O) groups excluding carboxylic acids is 1. The lowest BCUT2D eigenvalue weighted by Crippen LogP contribution is -2.32. The van der Waals surface area contributed by atoms with Crippen LogP contribution in [0, 0.1) is 17.8 Å². The molecule has 0 aromatic carbocycles. The molecule has 1 atom stereocenters. The number of allylic oxidation sites excluding steroid dienone is 1. The number of hydrogen-bond donors (Lipinski definition) is 0. The van der Waals surface area contributed by atoms with E-state index in [0.717, 1.165) is 30.4 Å². The van der Waals surface area contributed by atoms with Crippen molar-refractivity contribution in [1.29, 1.82) is 0 Å². The molecule has 0 aromatic rings. The van der Waals surface area contributed by atoms with E-state index in [1.807, 2.05) is 0 Å². The van der Waals surface area contributed by atoms with Crippen LogP contribution < -0.4 is 0 Å². The van der Waals surface area contributed by atoms with Gasteiger partial charge in [-0.25, -0.2) is 0 Å². The zero-order valence-electron chi connectivity index (χ0n) is 26.5. The van der Waals surface area contributed by atoms with Crippen LogP contribution in [-0.4, -0.2) is 5.97 Å². The molecule has 0 aromatic heterocycles. The zero-order chi connectivity index (χ0) is 27.7. The molecular formula is C36H68O2. The summed E-state index contributed by atoms with van der Waals surface area (Å²) in [6.45, 7) is 9.32. The van der Waals surface area contributed by atoms with Crippen LogP contribution in [0.1, 0.15) is 195 Å². The molecule has 0 radical (unpaired) electrons. The molecule has 1 aliphatic rings. The predicted octanol–water partition coefficient (Wildman–Crippen LogP) is 12.5. The lowest BCUT2D eigenvalue weighted by molar-refractivity contribution is -0.157. The standard InChI is InChI=1S/C36H68O2/c1-32(2)28-24-20-16-12-8-5-6-11-15-19-23-27-31-35-34(36(37)38-35)30-26-22-18-14-10-7-9-13-17-21-25-29-33(3)4/h31-34H,5-30H2,1-4H3/b35-31-. The first-order valence-electron chi connectivity index (χ1n) is 17.4. The average molecular weight is 533 g/mol. The Hall–Kier alpha value is -0.790. The van der Waals surface area contributed by atoms with E-state index in [0.29, 0.717) is 0 Å². The van der Waals surface area contributed by atoms with Crippen LogP contribution in [0.4, 0.5) is 0 Å². The van der Waals surface area contributed by atoms with Crippen molar-refractivity contribution < 1.29 is 9.53 Å². The molecule has 1 aliphatic heterocycles. The molecule has 0 amide bonds. The molecule has 0 N–H and O–H groups in total. The molecule has 0 bridgehead atoms. The summed E-state index contributed by atoms with van der Waals surface area (Å²) in [4.78, 5) is 11.9. The molecule has 1 saturated heterocycles. The van der Waals surface area contributed by atoms with E-state index in [1.54, 1.807) is 0 Å². The summed E-state index contributed by atoms with van der Waals surface area (Å²) in [5.41, 5.74) is 0. The normalized spacial score (nSPS) is 16.5. The maximum atomic E-state index is 11.9. The first-order chi connectivity index (χ1) is 18.5. The number of esters is 1. The van der Waals surface area contributed by atoms with E-state index in [-0.39, 0.29) is 11.9 Å². The lowest BCUT2D eigenvalue weighted by atomic mass is 9.93. The first kappa shape index (κ1) is 35.2. The number of carbonyl (C=O) groups is 1. The molecule has 0 spiro atoms. The minimum atomic E-state index is 0.0181. The minimum Gasteiger partial charge on any atom is -0.430 e. The Kier molecular flexibility index (Phi) is 23.4. The van der Waals surface area contributed by atoms with Crippen LogP contribution in [-0.2, 0) is 9.53 Å². The number of ether oxygens (including phenoxy) is 1. The largest absolute Gasteiger partial charge is 0.430 e. The van der Waals surface area contributed by atoms with Crippen LogP contribution >= 0.6 is 0 Å². The van der Waals surface area contributed by atoms with E-state index in [1.165, 1.54) is 154 Å². The van der Waals surface area contributed by atoms with Crippen LogP contribution in [0.25, 0.3) is 0 Å². The molecule has 1 heterocycles. The number of hydrogen-bond acceptors (Lipinski definition) is 2. The van der Waals surface area contributed by atoms with E-state index in [9.17, 15) is 4.79 Å². The van der Waals surface area contributed by atoms with Crippen molar-refractivity contribution >= 4 is 5.97 Å².